The van der Waals surface area contributed by atoms with Crippen molar-refractivity contribution in [1.29, 1.82) is 0 Å². The molecule has 2 heterocycles. The fourth-order valence-electron chi connectivity index (χ4n) is 2.24. The number of halogens is 1. The molecule has 0 spiro atoms. The van der Waals surface area contributed by atoms with E-state index in [0.29, 0.717) is 17.4 Å². The van der Waals surface area contributed by atoms with E-state index in [1.807, 2.05) is 31.2 Å². The van der Waals surface area contributed by atoms with Gasteiger partial charge in [0.05, 0.1) is 11.9 Å². The first-order valence-corrected chi connectivity index (χ1v) is 6.67. The van der Waals surface area contributed by atoms with Crippen LogP contribution < -0.4 is 10.1 Å². The monoisotopic (exact) mass is 288 g/mol. The van der Waals surface area contributed by atoms with Crippen molar-refractivity contribution in [2.75, 3.05) is 11.9 Å². The standard InChI is InChI=1S/C15H13ClN2O2/c1-9-6-10(7-17-14(9)16)18-15(19)12-8-20-13-5-3-2-4-11(12)13/h2-7,12H,8H2,1H3,(H,18,19). The van der Waals surface area contributed by atoms with Gasteiger partial charge in [-0.2, -0.15) is 0 Å². The molecule has 1 amide bonds. The number of carbonyl (C=O) groups is 1. The van der Waals surface area contributed by atoms with Crippen molar-refractivity contribution in [2.24, 2.45) is 0 Å². The maximum absolute atomic E-state index is 12.3. The van der Waals surface area contributed by atoms with E-state index in [9.17, 15) is 4.79 Å². The Morgan fingerprint density at radius 1 is 1.45 bits per heavy atom. The molecule has 1 aliphatic heterocycles. The van der Waals surface area contributed by atoms with E-state index in [4.69, 9.17) is 16.3 Å². The van der Waals surface area contributed by atoms with Crippen LogP contribution in [-0.2, 0) is 4.79 Å². The molecule has 1 atom stereocenters. The van der Waals surface area contributed by atoms with Crippen LogP contribution in [0.1, 0.15) is 17.0 Å². The van der Waals surface area contributed by atoms with Crippen LogP contribution in [0.4, 0.5) is 5.69 Å². The number of hydrogen-bond donors (Lipinski definition) is 1. The predicted molar refractivity (Wildman–Crippen MR) is 77.3 cm³/mol. The number of pyridine rings is 1. The lowest BCUT2D eigenvalue weighted by Crippen LogP contribution is -2.22. The molecule has 0 radical (unpaired) electrons. The summed E-state index contributed by atoms with van der Waals surface area (Å²) in [5, 5.41) is 3.29. The van der Waals surface area contributed by atoms with E-state index in [1.165, 1.54) is 0 Å². The number of fused-ring (bicyclic) bond motifs is 1. The first-order valence-electron chi connectivity index (χ1n) is 6.30. The molecule has 0 fully saturated rings. The molecule has 102 valence electrons. The van der Waals surface area contributed by atoms with Crippen LogP contribution in [0.3, 0.4) is 0 Å². The van der Waals surface area contributed by atoms with E-state index in [2.05, 4.69) is 10.3 Å². The molecule has 20 heavy (non-hydrogen) atoms. The smallest absolute Gasteiger partial charge is 0.235 e. The van der Waals surface area contributed by atoms with Crippen molar-refractivity contribution >= 4 is 23.2 Å². The van der Waals surface area contributed by atoms with Gasteiger partial charge in [-0.1, -0.05) is 29.8 Å². The molecule has 1 N–H and O–H groups in total. The molecule has 1 aliphatic rings. The van der Waals surface area contributed by atoms with Gasteiger partial charge < -0.3 is 10.1 Å². The van der Waals surface area contributed by atoms with E-state index >= 15 is 0 Å². The van der Waals surface area contributed by atoms with Gasteiger partial charge >= 0.3 is 0 Å². The molecule has 0 saturated heterocycles. The Kier molecular flexibility index (Phi) is 3.32. The quantitative estimate of drug-likeness (QED) is 0.864. The van der Waals surface area contributed by atoms with Crippen molar-refractivity contribution < 1.29 is 9.53 Å². The second kappa shape index (κ2) is 5.13. The lowest BCUT2D eigenvalue weighted by molar-refractivity contribution is -0.117. The highest BCUT2D eigenvalue weighted by molar-refractivity contribution is 6.30. The molecular formula is C15H13ClN2O2. The number of benzene rings is 1. The van der Waals surface area contributed by atoms with Crippen molar-refractivity contribution in [3.05, 3.63) is 52.8 Å². The Morgan fingerprint density at radius 2 is 2.25 bits per heavy atom. The number of rotatable bonds is 2. The van der Waals surface area contributed by atoms with Crippen LogP contribution in [-0.4, -0.2) is 17.5 Å². The zero-order chi connectivity index (χ0) is 14.1. The van der Waals surface area contributed by atoms with Crippen LogP contribution in [0.15, 0.2) is 36.5 Å². The van der Waals surface area contributed by atoms with E-state index in [-0.39, 0.29) is 11.8 Å². The number of carbonyl (C=O) groups excluding carboxylic acids is 1. The van der Waals surface area contributed by atoms with Crippen LogP contribution in [0, 0.1) is 6.92 Å². The Morgan fingerprint density at radius 3 is 3.05 bits per heavy atom. The predicted octanol–water partition coefficient (Wildman–Crippen LogP) is 3.16. The molecule has 2 aromatic rings. The Bertz CT molecular complexity index is 673. The van der Waals surface area contributed by atoms with Crippen molar-refractivity contribution in [2.45, 2.75) is 12.8 Å². The topological polar surface area (TPSA) is 51.2 Å². The summed E-state index contributed by atoms with van der Waals surface area (Å²) in [5.74, 6) is 0.388. The molecule has 1 aromatic carbocycles. The summed E-state index contributed by atoms with van der Waals surface area (Å²) in [6, 6.07) is 9.39. The largest absolute Gasteiger partial charge is 0.492 e. The number of aromatic nitrogens is 1. The third-order valence-electron chi connectivity index (χ3n) is 3.30. The van der Waals surface area contributed by atoms with Gasteiger partial charge in [-0.3, -0.25) is 4.79 Å². The van der Waals surface area contributed by atoms with Crippen molar-refractivity contribution in [3.63, 3.8) is 0 Å². The van der Waals surface area contributed by atoms with Crippen LogP contribution >= 0.6 is 11.6 Å². The molecule has 3 rings (SSSR count). The molecule has 0 bridgehead atoms. The highest BCUT2D eigenvalue weighted by Crippen LogP contribution is 2.34. The summed E-state index contributed by atoms with van der Waals surface area (Å²) in [4.78, 5) is 16.3. The number of para-hydroxylation sites is 1. The van der Waals surface area contributed by atoms with Gasteiger partial charge in [0, 0.05) is 5.56 Å². The molecule has 0 aliphatic carbocycles. The Labute approximate surface area is 121 Å². The lowest BCUT2D eigenvalue weighted by Gasteiger charge is -2.10. The fourth-order valence-corrected chi connectivity index (χ4v) is 2.34. The van der Waals surface area contributed by atoms with Crippen LogP contribution in [0.25, 0.3) is 0 Å². The van der Waals surface area contributed by atoms with Gasteiger partial charge in [-0.25, -0.2) is 4.98 Å². The SMILES string of the molecule is Cc1cc(NC(=O)C2COc3ccccc32)cnc1Cl. The summed E-state index contributed by atoms with van der Waals surface area (Å²) in [5.41, 5.74) is 2.39. The zero-order valence-corrected chi connectivity index (χ0v) is 11.6. The zero-order valence-electron chi connectivity index (χ0n) is 10.9. The average Bonchev–Trinajstić information content (AvgIpc) is 2.87. The van der Waals surface area contributed by atoms with Gasteiger partial charge in [0.2, 0.25) is 5.91 Å². The van der Waals surface area contributed by atoms with Crippen molar-refractivity contribution in [3.8, 4) is 5.75 Å². The normalized spacial score (nSPS) is 16.4. The van der Waals surface area contributed by atoms with E-state index in [0.717, 1.165) is 16.9 Å². The van der Waals surface area contributed by atoms with Gasteiger partial charge in [-0.05, 0) is 24.6 Å². The molecule has 1 aromatic heterocycles. The Balaban J connectivity index is 1.79. The Hall–Kier alpha value is -2.07. The molecule has 0 saturated carbocycles. The second-order valence-electron chi connectivity index (χ2n) is 4.72. The highest BCUT2D eigenvalue weighted by Gasteiger charge is 2.30. The minimum Gasteiger partial charge on any atom is -0.492 e. The minimum atomic E-state index is -0.290. The fraction of sp³-hybridized carbons (Fsp3) is 0.200. The summed E-state index contributed by atoms with van der Waals surface area (Å²) in [7, 11) is 0. The van der Waals surface area contributed by atoms with E-state index < -0.39 is 0 Å². The van der Waals surface area contributed by atoms with E-state index in [1.54, 1.807) is 12.3 Å². The molecule has 5 heteroatoms. The van der Waals surface area contributed by atoms with Gasteiger partial charge in [0.15, 0.2) is 0 Å². The number of nitrogens with one attached hydrogen (secondary N) is 1. The molecule has 1 unspecified atom stereocenters. The third-order valence-corrected chi connectivity index (χ3v) is 3.69. The molecular weight excluding hydrogens is 276 g/mol. The average molecular weight is 289 g/mol. The van der Waals surface area contributed by atoms with Gasteiger partial charge in [-0.15, -0.1) is 0 Å². The molecule has 4 nitrogen and oxygen atoms in total. The number of hydrogen-bond acceptors (Lipinski definition) is 3. The number of ether oxygens (including phenoxy) is 1. The lowest BCUT2D eigenvalue weighted by atomic mass is 10.0. The minimum absolute atomic E-state index is 0.0986. The maximum atomic E-state index is 12.3. The number of amides is 1. The van der Waals surface area contributed by atoms with Crippen LogP contribution in [0.2, 0.25) is 5.15 Å². The summed E-state index contributed by atoms with van der Waals surface area (Å²) < 4.78 is 5.52. The number of aryl methyl sites for hydroxylation is 1. The first kappa shape index (κ1) is 12.9. The number of nitrogens with zero attached hydrogens (tertiary/aromatic N) is 1. The van der Waals surface area contributed by atoms with Gasteiger partial charge in [0.25, 0.3) is 0 Å². The second-order valence-corrected chi connectivity index (χ2v) is 5.08. The third kappa shape index (κ3) is 2.34. The summed E-state index contributed by atoms with van der Waals surface area (Å²) >= 11 is 5.87. The maximum Gasteiger partial charge on any atom is 0.235 e. The number of anilines is 1. The summed E-state index contributed by atoms with van der Waals surface area (Å²) in [6.45, 7) is 2.21. The van der Waals surface area contributed by atoms with Crippen molar-refractivity contribution in [1.82, 2.24) is 4.98 Å². The van der Waals surface area contributed by atoms with Crippen LogP contribution in [0.5, 0.6) is 5.75 Å². The first-order chi connectivity index (χ1) is 9.65. The van der Waals surface area contributed by atoms with Gasteiger partial charge in [0.1, 0.15) is 23.4 Å². The summed E-state index contributed by atoms with van der Waals surface area (Å²) in [6.07, 6.45) is 1.55. The highest BCUT2D eigenvalue weighted by atomic mass is 35.5.